The number of nitrogens with one attached hydrogen (secondary N) is 1. The normalized spacial score (nSPS) is 17.8. The summed E-state index contributed by atoms with van der Waals surface area (Å²) in [6, 6.07) is 11.0. The number of halogens is 1. The summed E-state index contributed by atoms with van der Waals surface area (Å²) in [6.07, 6.45) is 0.0532. The van der Waals surface area contributed by atoms with Crippen molar-refractivity contribution in [3.05, 3.63) is 54.3 Å². The monoisotopic (exact) mass is 364 g/mol. The van der Waals surface area contributed by atoms with E-state index in [0.717, 1.165) is 12.1 Å². The van der Waals surface area contributed by atoms with Gasteiger partial charge in [-0.2, -0.15) is 0 Å². The Bertz CT molecular complexity index is 884. The van der Waals surface area contributed by atoms with Crippen LogP contribution in [-0.4, -0.2) is 34.0 Å². The van der Waals surface area contributed by atoms with E-state index in [-0.39, 0.29) is 23.8 Å². The van der Waals surface area contributed by atoms with Gasteiger partial charge in [-0.1, -0.05) is 6.07 Å². The number of anilines is 1. The van der Waals surface area contributed by atoms with Crippen LogP contribution in [0.4, 0.5) is 10.1 Å². The Morgan fingerprint density at radius 2 is 1.92 bits per heavy atom. The van der Waals surface area contributed by atoms with Gasteiger partial charge in [-0.15, -0.1) is 0 Å². The van der Waals surface area contributed by atoms with Gasteiger partial charge in [0, 0.05) is 30.8 Å². The maximum atomic E-state index is 13.0. The Hall–Kier alpha value is -2.45. The Labute approximate surface area is 145 Å². The van der Waals surface area contributed by atoms with Gasteiger partial charge in [-0.05, 0) is 36.4 Å². The third-order valence-electron chi connectivity index (χ3n) is 3.94. The van der Waals surface area contributed by atoms with E-state index in [2.05, 4.69) is 4.72 Å². The van der Waals surface area contributed by atoms with Crippen LogP contribution in [0, 0.1) is 5.82 Å². The number of sulfonamides is 1. The van der Waals surface area contributed by atoms with Crippen molar-refractivity contribution in [2.24, 2.45) is 0 Å². The number of amides is 1. The molecule has 132 valence electrons. The van der Waals surface area contributed by atoms with Crippen LogP contribution in [0.15, 0.2) is 53.4 Å². The maximum Gasteiger partial charge on any atom is 0.240 e. The minimum Gasteiger partial charge on any atom is -0.497 e. The van der Waals surface area contributed by atoms with Gasteiger partial charge in [-0.25, -0.2) is 17.5 Å². The Kier molecular flexibility index (Phi) is 4.73. The summed E-state index contributed by atoms with van der Waals surface area (Å²) in [7, 11) is -2.29. The number of carbonyl (C=O) groups is 1. The number of benzene rings is 2. The van der Waals surface area contributed by atoms with Crippen LogP contribution in [0.5, 0.6) is 5.75 Å². The third kappa shape index (κ3) is 3.80. The molecule has 0 radical (unpaired) electrons. The molecular formula is C17H17FN2O4S. The predicted molar refractivity (Wildman–Crippen MR) is 90.5 cm³/mol. The van der Waals surface area contributed by atoms with Crippen molar-refractivity contribution in [3.63, 3.8) is 0 Å². The summed E-state index contributed by atoms with van der Waals surface area (Å²) in [4.78, 5) is 13.7. The number of rotatable bonds is 5. The van der Waals surface area contributed by atoms with Gasteiger partial charge in [0.1, 0.15) is 11.6 Å². The van der Waals surface area contributed by atoms with Crippen LogP contribution >= 0.6 is 0 Å². The highest BCUT2D eigenvalue weighted by atomic mass is 32.2. The van der Waals surface area contributed by atoms with E-state index < -0.39 is 21.9 Å². The van der Waals surface area contributed by atoms with Gasteiger partial charge in [0.15, 0.2) is 0 Å². The molecule has 1 amide bonds. The fourth-order valence-corrected chi connectivity index (χ4v) is 3.94. The first-order valence-electron chi connectivity index (χ1n) is 7.61. The van der Waals surface area contributed by atoms with Crippen LogP contribution in [0.3, 0.4) is 0 Å². The van der Waals surface area contributed by atoms with Gasteiger partial charge in [-0.3, -0.25) is 4.79 Å². The van der Waals surface area contributed by atoms with Crippen molar-refractivity contribution in [3.8, 4) is 5.75 Å². The second-order valence-corrected chi connectivity index (χ2v) is 7.40. The molecule has 0 bridgehead atoms. The van der Waals surface area contributed by atoms with Crippen molar-refractivity contribution < 1.29 is 22.3 Å². The maximum absolute atomic E-state index is 13.0. The van der Waals surface area contributed by atoms with E-state index in [1.165, 1.54) is 24.1 Å². The second kappa shape index (κ2) is 6.81. The molecule has 0 aromatic heterocycles. The zero-order chi connectivity index (χ0) is 18.0. The molecular weight excluding hydrogens is 347 g/mol. The fourth-order valence-electron chi connectivity index (χ4n) is 2.72. The first kappa shape index (κ1) is 17.4. The number of carbonyl (C=O) groups excluding carboxylic acids is 1. The van der Waals surface area contributed by atoms with Crippen molar-refractivity contribution in [2.45, 2.75) is 17.4 Å². The quantitative estimate of drug-likeness (QED) is 0.880. The SMILES string of the molecule is COc1cccc(N2CC(NS(=O)(=O)c3ccc(F)cc3)CC2=O)c1. The standard InChI is InChI=1S/C17H17FN2O4S/c1-24-15-4-2-3-14(10-15)20-11-13(9-17(20)21)19-25(22,23)16-7-5-12(18)6-8-16/h2-8,10,13,19H,9,11H2,1H3. The van der Waals surface area contributed by atoms with Crippen LogP contribution in [0.25, 0.3) is 0 Å². The van der Waals surface area contributed by atoms with Gasteiger partial charge in [0.25, 0.3) is 0 Å². The molecule has 1 heterocycles. The molecule has 1 atom stereocenters. The van der Waals surface area contributed by atoms with E-state index in [1.54, 1.807) is 24.3 Å². The highest BCUT2D eigenvalue weighted by molar-refractivity contribution is 7.89. The van der Waals surface area contributed by atoms with Gasteiger partial charge < -0.3 is 9.64 Å². The van der Waals surface area contributed by atoms with Gasteiger partial charge >= 0.3 is 0 Å². The average Bonchev–Trinajstić information content (AvgIpc) is 2.95. The molecule has 0 aliphatic carbocycles. The molecule has 2 aromatic carbocycles. The number of hydrogen-bond acceptors (Lipinski definition) is 4. The first-order valence-corrected chi connectivity index (χ1v) is 9.10. The van der Waals surface area contributed by atoms with Crippen molar-refractivity contribution in [2.75, 3.05) is 18.6 Å². The van der Waals surface area contributed by atoms with Crippen LogP contribution in [0.2, 0.25) is 0 Å². The predicted octanol–water partition coefficient (Wildman–Crippen LogP) is 1.92. The lowest BCUT2D eigenvalue weighted by Crippen LogP contribution is -2.37. The molecule has 1 fully saturated rings. The molecule has 1 N–H and O–H groups in total. The summed E-state index contributed by atoms with van der Waals surface area (Å²) in [6.45, 7) is 0.215. The smallest absolute Gasteiger partial charge is 0.240 e. The largest absolute Gasteiger partial charge is 0.497 e. The van der Waals surface area contributed by atoms with Crippen molar-refractivity contribution in [1.29, 1.82) is 0 Å². The van der Waals surface area contributed by atoms with E-state index >= 15 is 0 Å². The van der Waals surface area contributed by atoms with Crippen molar-refractivity contribution >= 4 is 21.6 Å². The molecule has 2 aromatic rings. The summed E-state index contributed by atoms with van der Waals surface area (Å²) in [5, 5.41) is 0. The Morgan fingerprint density at radius 3 is 2.60 bits per heavy atom. The van der Waals surface area contributed by atoms with Crippen LogP contribution in [0.1, 0.15) is 6.42 Å². The highest BCUT2D eigenvalue weighted by Crippen LogP contribution is 2.26. The zero-order valence-corrected chi connectivity index (χ0v) is 14.3. The molecule has 1 saturated heterocycles. The molecule has 6 nitrogen and oxygen atoms in total. The van der Waals surface area contributed by atoms with Gasteiger partial charge in [0.05, 0.1) is 12.0 Å². The molecule has 1 aliphatic heterocycles. The minimum absolute atomic E-state index is 0.0406. The number of ether oxygens (including phenoxy) is 1. The minimum atomic E-state index is -3.82. The van der Waals surface area contributed by atoms with Crippen LogP contribution in [-0.2, 0) is 14.8 Å². The third-order valence-corrected chi connectivity index (χ3v) is 5.47. The first-order chi connectivity index (χ1) is 11.9. The van der Waals surface area contributed by atoms with E-state index in [1.807, 2.05) is 0 Å². The summed E-state index contributed by atoms with van der Waals surface area (Å²) in [5.41, 5.74) is 0.646. The molecule has 0 saturated carbocycles. The lowest BCUT2D eigenvalue weighted by Gasteiger charge is -2.18. The average molecular weight is 364 g/mol. The molecule has 0 spiro atoms. The molecule has 3 rings (SSSR count). The Balaban J connectivity index is 1.75. The van der Waals surface area contributed by atoms with E-state index in [4.69, 9.17) is 4.74 Å². The van der Waals surface area contributed by atoms with Gasteiger partial charge in [0.2, 0.25) is 15.9 Å². The summed E-state index contributed by atoms with van der Waals surface area (Å²) >= 11 is 0. The lowest BCUT2D eigenvalue weighted by molar-refractivity contribution is -0.117. The summed E-state index contributed by atoms with van der Waals surface area (Å²) in [5.74, 6) is -0.0834. The fraction of sp³-hybridized carbons (Fsp3) is 0.235. The summed E-state index contributed by atoms with van der Waals surface area (Å²) < 4.78 is 45.3. The molecule has 1 unspecified atom stereocenters. The highest BCUT2D eigenvalue weighted by Gasteiger charge is 2.33. The van der Waals surface area contributed by atoms with Crippen LogP contribution < -0.4 is 14.4 Å². The van der Waals surface area contributed by atoms with E-state index in [9.17, 15) is 17.6 Å². The topological polar surface area (TPSA) is 75.7 Å². The lowest BCUT2D eigenvalue weighted by atomic mass is 10.3. The molecule has 8 heteroatoms. The molecule has 1 aliphatic rings. The Morgan fingerprint density at radius 1 is 1.20 bits per heavy atom. The second-order valence-electron chi connectivity index (χ2n) is 5.68. The number of nitrogens with zero attached hydrogens (tertiary/aromatic N) is 1. The number of methoxy groups -OCH3 is 1. The molecule has 25 heavy (non-hydrogen) atoms. The van der Waals surface area contributed by atoms with Crippen molar-refractivity contribution in [1.82, 2.24) is 4.72 Å². The number of hydrogen-bond donors (Lipinski definition) is 1. The van der Waals surface area contributed by atoms with E-state index in [0.29, 0.717) is 11.4 Å². The zero-order valence-electron chi connectivity index (χ0n) is 13.5.